The maximum absolute atomic E-state index is 12.0. The first-order valence-electron chi connectivity index (χ1n) is 5.94. The molecule has 4 nitrogen and oxygen atoms in total. The van der Waals surface area contributed by atoms with Crippen LogP contribution in [0.5, 0.6) is 0 Å². The van der Waals surface area contributed by atoms with Crippen molar-refractivity contribution >= 4 is 17.5 Å². The van der Waals surface area contributed by atoms with Gasteiger partial charge < -0.3 is 9.53 Å². The van der Waals surface area contributed by atoms with Crippen LogP contribution in [-0.4, -0.2) is 24.1 Å². The van der Waals surface area contributed by atoms with Gasteiger partial charge in [-0.1, -0.05) is 6.92 Å². The van der Waals surface area contributed by atoms with Crippen molar-refractivity contribution in [1.29, 1.82) is 0 Å². The number of carbonyl (C=O) groups is 3. The van der Waals surface area contributed by atoms with Crippen LogP contribution in [0, 0.1) is 11.8 Å². The molecular weight excluding hydrogens is 220 g/mol. The Balaban J connectivity index is 2.40. The summed E-state index contributed by atoms with van der Waals surface area (Å²) in [6, 6.07) is 0. The second-order valence-electron chi connectivity index (χ2n) is 4.88. The Morgan fingerprint density at radius 1 is 1.41 bits per heavy atom. The van der Waals surface area contributed by atoms with Gasteiger partial charge in [-0.05, 0) is 19.3 Å². The van der Waals surface area contributed by atoms with Gasteiger partial charge in [0, 0.05) is 29.9 Å². The molecule has 1 aliphatic heterocycles. The molecule has 0 bridgehead atoms. The van der Waals surface area contributed by atoms with Gasteiger partial charge in [0.15, 0.2) is 5.78 Å². The lowest BCUT2D eigenvalue weighted by Crippen LogP contribution is -2.35. The largest absolute Gasteiger partial charge is 0.462 e. The molecule has 17 heavy (non-hydrogen) atoms. The summed E-state index contributed by atoms with van der Waals surface area (Å²) in [6.45, 7) is 3.65. The molecule has 2 rings (SSSR count). The van der Waals surface area contributed by atoms with Gasteiger partial charge in [0.05, 0.1) is 6.61 Å². The predicted molar refractivity (Wildman–Crippen MR) is 60.2 cm³/mol. The van der Waals surface area contributed by atoms with E-state index in [0.29, 0.717) is 30.4 Å². The summed E-state index contributed by atoms with van der Waals surface area (Å²) in [7, 11) is 0. The topological polar surface area (TPSA) is 60.4 Å². The van der Waals surface area contributed by atoms with Crippen LogP contribution >= 0.6 is 0 Å². The summed E-state index contributed by atoms with van der Waals surface area (Å²) in [4.78, 5) is 34.9. The minimum atomic E-state index is -0.405. The maximum Gasteiger partial charge on any atom is 0.334 e. The fourth-order valence-corrected chi connectivity index (χ4v) is 2.73. The molecule has 0 N–H and O–H groups in total. The summed E-state index contributed by atoms with van der Waals surface area (Å²) in [5.74, 6) is -0.539. The van der Waals surface area contributed by atoms with E-state index in [-0.39, 0.29) is 30.0 Å². The average molecular weight is 236 g/mol. The highest BCUT2D eigenvalue weighted by molar-refractivity contribution is 6.07. The van der Waals surface area contributed by atoms with E-state index < -0.39 is 5.97 Å². The third-order valence-corrected chi connectivity index (χ3v) is 3.46. The van der Waals surface area contributed by atoms with Gasteiger partial charge in [-0.25, -0.2) is 4.79 Å². The first-order chi connectivity index (χ1) is 8.00. The number of cyclic esters (lactones) is 1. The molecule has 0 aromatic heterocycles. The molecule has 92 valence electrons. The molecule has 2 aliphatic rings. The van der Waals surface area contributed by atoms with Crippen molar-refractivity contribution in [3.05, 3.63) is 11.1 Å². The molecule has 1 aliphatic carbocycles. The number of rotatable bonds is 2. The quantitative estimate of drug-likeness (QED) is 0.680. The van der Waals surface area contributed by atoms with Crippen molar-refractivity contribution in [2.24, 2.45) is 11.8 Å². The van der Waals surface area contributed by atoms with Crippen LogP contribution in [0.15, 0.2) is 11.1 Å². The monoisotopic (exact) mass is 236 g/mol. The number of carbonyl (C=O) groups excluding carboxylic acids is 3. The molecule has 0 amide bonds. The molecule has 1 heterocycles. The lowest BCUT2D eigenvalue weighted by molar-refractivity contribution is -0.142. The zero-order valence-corrected chi connectivity index (χ0v) is 10.1. The fraction of sp³-hybridized carbons (Fsp3) is 0.615. The Bertz CT molecular complexity index is 419. The van der Waals surface area contributed by atoms with Gasteiger partial charge in [0.2, 0.25) is 0 Å². The minimum absolute atomic E-state index is 0.0433. The molecule has 0 unspecified atom stereocenters. The molecule has 0 saturated heterocycles. The number of esters is 1. The van der Waals surface area contributed by atoms with Gasteiger partial charge in [-0.3, -0.25) is 4.79 Å². The van der Waals surface area contributed by atoms with E-state index >= 15 is 0 Å². The third kappa shape index (κ3) is 2.16. The van der Waals surface area contributed by atoms with Gasteiger partial charge in [-0.2, -0.15) is 0 Å². The van der Waals surface area contributed by atoms with E-state index in [2.05, 4.69) is 0 Å². The number of hydrogen-bond acceptors (Lipinski definition) is 4. The van der Waals surface area contributed by atoms with Crippen LogP contribution in [0.1, 0.15) is 33.1 Å². The summed E-state index contributed by atoms with van der Waals surface area (Å²) in [5.41, 5.74) is 1.07. The van der Waals surface area contributed by atoms with Crippen molar-refractivity contribution in [2.45, 2.75) is 33.1 Å². The summed E-state index contributed by atoms with van der Waals surface area (Å²) in [6.07, 6.45) is 1.40. The van der Waals surface area contributed by atoms with Crippen molar-refractivity contribution in [3.8, 4) is 0 Å². The van der Waals surface area contributed by atoms with E-state index in [1.54, 1.807) is 0 Å². The first kappa shape index (κ1) is 12.0. The Kier molecular flexibility index (Phi) is 3.13. The normalized spacial score (nSPS) is 28.8. The second-order valence-corrected chi connectivity index (χ2v) is 4.88. The van der Waals surface area contributed by atoms with E-state index in [9.17, 15) is 14.4 Å². The van der Waals surface area contributed by atoms with Crippen molar-refractivity contribution in [3.63, 3.8) is 0 Å². The molecule has 0 aromatic carbocycles. The number of ether oxygens (including phenoxy) is 1. The molecule has 0 spiro atoms. The Morgan fingerprint density at radius 3 is 2.76 bits per heavy atom. The Labute approximate surface area is 100 Å². The standard InChI is InChI=1S/C13H16O4/c1-7-5-9(6-8(2)14)11-10(12(7)15)3-4-17-13(11)16/h7,9H,3-6H2,1-2H3/t7-,9+/m1/s1. The third-order valence-electron chi connectivity index (χ3n) is 3.46. The molecular formula is C13H16O4. The van der Waals surface area contributed by atoms with Crippen LogP contribution < -0.4 is 0 Å². The molecule has 4 heteroatoms. The van der Waals surface area contributed by atoms with Crippen molar-refractivity contribution in [1.82, 2.24) is 0 Å². The lowest BCUT2D eigenvalue weighted by Gasteiger charge is -2.32. The number of ketones is 2. The van der Waals surface area contributed by atoms with Crippen LogP contribution in [-0.2, 0) is 19.1 Å². The van der Waals surface area contributed by atoms with Gasteiger partial charge in [-0.15, -0.1) is 0 Å². The van der Waals surface area contributed by atoms with E-state index in [0.717, 1.165) is 0 Å². The van der Waals surface area contributed by atoms with Gasteiger partial charge in [0.1, 0.15) is 5.78 Å². The highest BCUT2D eigenvalue weighted by atomic mass is 16.5. The van der Waals surface area contributed by atoms with E-state index in [1.165, 1.54) is 6.92 Å². The van der Waals surface area contributed by atoms with E-state index in [4.69, 9.17) is 4.74 Å². The summed E-state index contributed by atoms with van der Waals surface area (Å²) >= 11 is 0. The average Bonchev–Trinajstić information content (AvgIpc) is 2.24. The molecule has 0 radical (unpaired) electrons. The summed E-state index contributed by atoms with van der Waals surface area (Å²) < 4.78 is 4.98. The van der Waals surface area contributed by atoms with Crippen LogP contribution in [0.4, 0.5) is 0 Å². The lowest BCUT2D eigenvalue weighted by atomic mass is 9.73. The molecule has 0 fully saturated rings. The van der Waals surface area contributed by atoms with Crippen LogP contribution in [0.3, 0.4) is 0 Å². The van der Waals surface area contributed by atoms with Crippen molar-refractivity contribution in [2.75, 3.05) is 6.61 Å². The highest BCUT2D eigenvalue weighted by Crippen LogP contribution is 2.37. The summed E-state index contributed by atoms with van der Waals surface area (Å²) in [5, 5.41) is 0. The zero-order valence-electron chi connectivity index (χ0n) is 10.1. The first-order valence-corrected chi connectivity index (χ1v) is 5.94. The smallest absolute Gasteiger partial charge is 0.334 e. The van der Waals surface area contributed by atoms with Gasteiger partial charge in [0.25, 0.3) is 0 Å². The number of hydrogen-bond donors (Lipinski definition) is 0. The van der Waals surface area contributed by atoms with Crippen LogP contribution in [0.2, 0.25) is 0 Å². The van der Waals surface area contributed by atoms with Crippen molar-refractivity contribution < 1.29 is 19.1 Å². The maximum atomic E-state index is 12.0. The highest BCUT2D eigenvalue weighted by Gasteiger charge is 2.39. The van der Waals surface area contributed by atoms with Gasteiger partial charge >= 0.3 is 5.97 Å². The Morgan fingerprint density at radius 2 is 2.12 bits per heavy atom. The molecule has 0 aromatic rings. The molecule has 2 atom stereocenters. The van der Waals surface area contributed by atoms with Crippen LogP contribution in [0.25, 0.3) is 0 Å². The predicted octanol–water partition coefficient (Wildman–Crippen LogP) is 1.43. The Hall–Kier alpha value is -1.45. The zero-order chi connectivity index (χ0) is 12.6. The number of Topliss-reactive ketones (excluding diaryl/α,β-unsaturated/α-hetero) is 2. The van der Waals surface area contributed by atoms with E-state index in [1.807, 2.05) is 6.92 Å². The molecule has 0 saturated carbocycles. The fourth-order valence-electron chi connectivity index (χ4n) is 2.73. The second kappa shape index (κ2) is 4.43. The SMILES string of the molecule is CC(=O)C[C@@H]1C[C@@H](C)C(=O)C2=C1C(=O)OCC2. The minimum Gasteiger partial charge on any atom is -0.462 e.